The first-order chi connectivity index (χ1) is 5.24. The van der Waals surface area contributed by atoms with Gasteiger partial charge in [-0.3, -0.25) is 0 Å². The van der Waals surface area contributed by atoms with Crippen molar-refractivity contribution in [3.63, 3.8) is 0 Å². The minimum absolute atomic E-state index is 0.303. The maximum atomic E-state index is 12.6. The highest BCUT2D eigenvalue weighted by Crippen LogP contribution is 2.20. The van der Waals surface area contributed by atoms with Gasteiger partial charge in [0.15, 0.2) is 0 Å². The Hall–Kier alpha value is -0.545. The molecule has 0 atom stereocenters. The van der Waals surface area contributed by atoms with Gasteiger partial charge in [0.05, 0.1) is 4.47 Å². The molecule has 0 bridgehead atoms. The van der Waals surface area contributed by atoms with Crippen LogP contribution in [-0.4, -0.2) is 12.7 Å². The largest absolute Gasteiger partial charge is 0.569 e. The molecule has 0 spiro atoms. The average molecular weight is 218 g/mol. The van der Waals surface area contributed by atoms with Gasteiger partial charge in [-0.25, -0.2) is 4.39 Å². The Kier molecular flexibility index (Phi) is 2.90. The zero-order chi connectivity index (χ0) is 8.27. The summed E-state index contributed by atoms with van der Waals surface area (Å²) < 4.78 is 17.4. The third-order valence-corrected chi connectivity index (χ3v) is 1.69. The van der Waals surface area contributed by atoms with Crippen LogP contribution in [-0.2, 0) is 0 Å². The van der Waals surface area contributed by atoms with Crippen molar-refractivity contribution in [3.05, 3.63) is 28.5 Å². The second-order valence-corrected chi connectivity index (χ2v) is 2.65. The average Bonchev–Trinajstić information content (AvgIpc) is 1.98. The Morgan fingerprint density at radius 2 is 2.27 bits per heavy atom. The van der Waals surface area contributed by atoms with Crippen LogP contribution in [0.5, 0.6) is 5.75 Å². The van der Waals surface area contributed by atoms with E-state index < -0.39 is 0 Å². The monoisotopic (exact) mass is 217 g/mol. The standard InChI is InChI=1S/C6H4BBrFO2/c8-5-3-4(11-7-10)1-2-6(5)9/h1-3,10H. The fraction of sp³-hybridized carbons (Fsp3) is 0. The molecule has 0 aliphatic carbocycles. The molecule has 0 amide bonds. The third kappa shape index (κ3) is 2.20. The maximum Gasteiger partial charge on any atom is 0.569 e. The van der Waals surface area contributed by atoms with Crippen LogP contribution in [0.4, 0.5) is 4.39 Å². The Bertz CT molecular complexity index is 256. The number of rotatable bonds is 2. The quantitative estimate of drug-likeness (QED) is 0.761. The summed E-state index contributed by atoms with van der Waals surface area (Å²) in [5.74, 6) is 0.0102. The van der Waals surface area contributed by atoms with Crippen LogP contribution >= 0.6 is 15.9 Å². The predicted molar refractivity (Wildman–Crippen MR) is 42.7 cm³/mol. The molecule has 1 radical (unpaired) electrons. The first-order valence-electron chi connectivity index (χ1n) is 2.81. The van der Waals surface area contributed by atoms with Crippen molar-refractivity contribution in [3.8, 4) is 5.75 Å². The SMILES string of the molecule is O[B]Oc1ccc(F)c(Br)c1. The van der Waals surface area contributed by atoms with E-state index in [1.807, 2.05) is 0 Å². The molecule has 5 heteroatoms. The summed E-state index contributed by atoms with van der Waals surface area (Å²) in [5.41, 5.74) is 0. The topological polar surface area (TPSA) is 29.5 Å². The lowest BCUT2D eigenvalue weighted by molar-refractivity contribution is 0.452. The van der Waals surface area contributed by atoms with Crippen molar-refractivity contribution in [2.75, 3.05) is 0 Å². The molecular formula is C6H4BBrFO2. The van der Waals surface area contributed by atoms with Gasteiger partial charge in [0.2, 0.25) is 0 Å². The van der Waals surface area contributed by atoms with Gasteiger partial charge >= 0.3 is 7.69 Å². The van der Waals surface area contributed by atoms with Crippen molar-refractivity contribution >= 4 is 23.6 Å². The van der Waals surface area contributed by atoms with E-state index in [0.29, 0.717) is 17.9 Å². The van der Waals surface area contributed by atoms with Crippen LogP contribution in [0.25, 0.3) is 0 Å². The lowest BCUT2D eigenvalue weighted by Gasteiger charge is -2.01. The van der Waals surface area contributed by atoms with Crippen molar-refractivity contribution in [1.82, 2.24) is 0 Å². The summed E-state index contributed by atoms with van der Waals surface area (Å²) in [4.78, 5) is 0. The zero-order valence-corrected chi connectivity index (χ0v) is 7.01. The lowest BCUT2D eigenvalue weighted by Crippen LogP contribution is -1.99. The Balaban J connectivity index is 2.86. The summed E-state index contributed by atoms with van der Waals surface area (Å²) in [6.07, 6.45) is 0. The van der Waals surface area contributed by atoms with Crippen LogP contribution in [0.3, 0.4) is 0 Å². The molecule has 1 rings (SSSR count). The van der Waals surface area contributed by atoms with Crippen LogP contribution < -0.4 is 4.65 Å². The van der Waals surface area contributed by atoms with E-state index in [1.54, 1.807) is 0 Å². The van der Waals surface area contributed by atoms with Crippen molar-refractivity contribution < 1.29 is 14.1 Å². The molecular weight excluding hydrogens is 214 g/mol. The Labute approximate surface area is 72.4 Å². The molecule has 11 heavy (non-hydrogen) atoms. The first kappa shape index (κ1) is 8.55. The summed E-state index contributed by atoms with van der Waals surface area (Å²) >= 11 is 2.97. The second-order valence-electron chi connectivity index (χ2n) is 1.80. The van der Waals surface area contributed by atoms with E-state index >= 15 is 0 Å². The van der Waals surface area contributed by atoms with Crippen LogP contribution in [0, 0.1) is 5.82 Å². The summed E-state index contributed by atoms with van der Waals surface area (Å²) in [6.45, 7) is 0. The highest BCUT2D eigenvalue weighted by molar-refractivity contribution is 9.10. The number of hydrogen-bond acceptors (Lipinski definition) is 2. The first-order valence-corrected chi connectivity index (χ1v) is 3.61. The lowest BCUT2D eigenvalue weighted by atomic mass is 10.3. The smallest absolute Gasteiger partial charge is 0.537 e. The van der Waals surface area contributed by atoms with Crippen molar-refractivity contribution in [2.24, 2.45) is 0 Å². The van der Waals surface area contributed by atoms with E-state index in [-0.39, 0.29) is 5.82 Å². The van der Waals surface area contributed by atoms with E-state index in [0.717, 1.165) is 0 Å². The van der Waals surface area contributed by atoms with Gasteiger partial charge in [-0.2, -0.15) is 0 Å². The summed E-state index contributed by atoms with van der Waals surface area (Å²) in [6, 6.07) is 4.07. The van der Waals surface area contributed by atoms with E-state index in [1.165, 1.54) is 18.2 Å². The normalized spacial score (nSPS) is 9.36. The van der Waals surface area contributed by atoms with Crippen molar-refractivity contribution in [1.29, 1.82) is 0 Å². The Morgan fingerprint density at radius 1 is 1.55 bits per heavy atom. The van der Waals surface area contributed by atoms with Crippen molar-refractivity contribution in [2.45, 2.75) is 0 Å². The summed E-state index contributed by atoms with van der Waals surface area (Å²) in [7, 11) is 0.541. The van der Waals surface area contributed by atoms with Gasteiger partial charge in [0.25, 0.3) is 0 Å². The third-order valence-electron chi connectivity index (χ3n) is 1.08. The molecule has 0 unspecified atom stereocenters. The highest BCUT2D eigenvalue weighted by Gasteiger charge is 2.00. The van der Waals surface area contributed by atoms with Gasteiger partial charge < -0.3 is 9.68 Å². The molecule has 1 aromatic rings. The van der Waals surface area contributed by atoms with Gasteiger partial charge in [-0.05, 0) is 34.1 Å². The number of halogens is 2. The number of benzene rings is 1. The maximum absolute atomic E-state index is 12.6. The molecule has 0 saturated carbocycles. The molecule has 0 heterocycles. The molecule has 2 nitrogen and oxygen atoms in total. The second kappa shape index (κ2) is 3.73. The van der Waals surface area contributed by atoms with Gasteiger partial charge in [0.1, 0.15) is 11.6 Å². The van der Waals surface area contributed by atoms with Gasteiger partial charge in [0, 0.05) is 0 Å². The fourth-order valence-corrected chi connectivity index (χ4v) is 0.969. The minimum atomic E-state index is -0.365. The summed E-state index contributed by atoms with van der Waals surface area (Å²) in [5, 5.41) is 8.22. The van der Waals surface area contributed by atoms with Crippen LogP contribution in [0.15, 0.2) is 22.7 Å². The number of hydrogen-bond donors (Lipinski definition) is 1. The highest BCUT2D eigenvalue weighted by atomic mass is 79.9. The van der Waals surface area contributed by atoms with E-state index in [9.17, 15) is 4.39 Å². The predicted octanol–water partition coefficient (Wildman–Crippen LogP) is 1.49. The minimum Gasteiger partial charge on any atom is -0.537 e. The molecule has 0 aliphatic heterocycles. The molecule has 1 aromatic carbocycles. The van der Waals surface area contributed by atoms with Gasteiger partial charge in [-0.1, -0.05) is 0 Å². The van der Waals surface area contributed by atoms with E-state index in [4.69, 9.17) is 5.02 Å². The molecule has 57 valence electrons. The van der Waals surface area contributed by atoms with Gasteiger partial charge in [-0.15, -0.1) is 0 Å². The molecule has 0 aromatic heterocycles. The Morgan fingerprint density at radius 3 is 2.82 bits per heavy atom. The van der Waals surface area contributed by atoms with Crippen LogP contribution in [0.1, 0.15) is 0 Å². The van der Waals surface area contributed by atoms with E-state index in [2.05, 4.69) is 20.6 Å². The fourth-order valence-electron chi connectivity index (χ4n) is 0.611. The van der Waals surface area contributed by atoms with Crippen LogP contribution in [0.2, 0.25) is 0 Å². The molecule has 1 N–H and O–H groups in total. The molecule has 0 saturated heterocycles. The molecule has 0 fully saturated rings. The zero-order valence-electron chi connectivity index (χ0n) is 5.42. The molecule has 0 aliphatic rings.